The van der Waals surface area contributed by atoms with Gasteiger partial charge in [0.2, 0.25) is 6.79 Å². The van der Waals surface area contributed by atoms with E-state index in [-0.39, 0.29) is 25.1 Å². The summed E-state index contributed by atoms with van der Waals surface area (Å²) < 4.78 is 23.2. The van der Waals surface area contributed by atoms with Crippen molar-refractivity contribution in [2.24, 2.45) is 5.10 Å². The van der Waals surface area contributed by atoms with E-state index < -0.39 is 0 Å². The van der Waals surface area contributed by atoms with Crippen LogP contribution in [0.15, 0.2) is 47.6 Å². The lowest BCUT2D eigenvalue weighted by molar-refractivity contribution is -0.119. The Morgan fingerprint density at radius 1 is 1.17 bits per heavy atom. The second-order valence-corrected chi connectivity index (χ2v) is 4.77. The van der Waals surface area contributed by atoms with Crippen molar-refractivity contribution in [2.45, 2.75) is 0 Å². The molecule has 1 aliphatic heterocycles. The van der Waals surface area contributed by atoms with Crippen LogP contribution in [0.5, 0.6) is 11.5 Å². The van der Waals surface area contributed by atoms with E-state index in [1.54, 1.807) is 30.3 Å². The van der Waals surface area contributed by atoms with Gasteiger partial charge in [0.15, 0.2) is 11.5 Å². The zero-order valence-electron chi connectivity index (χ0n) is 12.1. The molecule has 2 aromatic rings. The standard InChI is InChI=1S/C16H14FN3O3/c17-12-3-1-11(2-4-12)8-19-20-16(21)9-18-13-5-6-14-15(7-13)23-10-22-14/h1-8,18H,9-10H2,(H,20,21)/b19-8-. The highest BCUT2D eigenvalue weighted by Crippen LogP contribution is 2.34. The number of fused-ring (bicyclic) bond motifs is 1. The Balaban J connectivity index is 1.47. The van der Waals surface area contributed by atoms with E-state index in [1.165, 1.54) is 18.3 Å². The molecule has 1 amide bonds. The van der Waals surface area contributed by atoms with Crippen LogP contribution in [0.25, 0.3) is 0 Å². The van der Waals surface area contributed by atoms with E-state index in [9.17, 15) is 9.18 Å². The number of nitrogens with one attached hydrogen (secondary N) is 2. The average Bonchev–Trinajstić information content (AvgIpc) is 3.02. The zero-order valence-corrected chi connectivity index (χ0v) is 12.1. The van der Waals surface area contributed by atoms with Crippen LogP contribution in [0.4, 0.5) is 10.1 Å². The van der Waals surface area contributed by atoms with E-state index in [0.717, 1.165) is 5.69 Å². The average molecular weight is 315 g/mol. The fourth-order valence-electron chi connectivity index (χ4n) is 1.96. The first-order chi connectivity index (χ1) is 11.2. The summed E-state index contributed by atoms with van der Waals surface area (Å²) >= 11 is 0. The van der Waals surface area contributed by atoms with Gasteiger partial charge < -0.3 is 14.8 Å². The summed E-state index contributed by atoms with van der Waals surface area (Å²) in [5.74, 6) is 0.703. The minimum atomic E-state index is -0.320. The van der Waals surface area contributed by atoms with Crippen molar-refractivity contribution < 1.29 is 18.7 Å². The first kappa shape index (κ1) is 14.8. The van der Waals surface area contributed by atoms with Crippen LogP contribution < -0.4 is 20.2 Å². The number of anilines is 1. The molecule has 0 bridgehead atoms. The minimum absolute atomic E-state index is 0.0560. The van der Waals surface area contributed by atoms with Crippen molar-refractivity contribution in [1.82, 2.24) is 5.43 Å². The molecule has 0 saturated carbocycles. The molecule has 118 valence electrons. The number of benzene rings is 2. The first-order valence-corrected chi connectivity index (χ1v) is 6.92. The molecule has 2 aromatic carbocycles. The minimum Gasteiger partial charge on any atom is -0.454 e. The maximum atomic E-state index is 12.7. The van der Waals surface area contributed by atoms with Crippen molar-refractivity contribution in [3.05, 3.63) is 53.8 Å². The van der Waals surface area contributed by atoms with Gasteiger partial charge in [-0.2, -0.15) is 5.10 Å². The third kappa shape index (κ3) is 3.97. The zero-order chi connectivity index (χ0) is 16.1. The molecule has 23 heavy (non-hydrogen) atoms. The van der Waals surface area contributed by atoms with E-state index in [1.807, 2.05) is 0 Å². The molecule has 0 atom stereocenters. The molecular weight excluding hydrogens is 301 g/mol. The highest BCUT2D eigenvalue weighted by atomic mass is 19.1. The van der Waals surface area contributed by atoms with Crippen molar-refractivity contribution in [3.8, 4) is 11.5 Å². The number of amides is 1. The number of rotatable bonds is 5. The summed E-state index contributed by atoms with van der Waals surface area (Å²) in [4.78, 5) is 11.7. The Morgan fingerprint density at radius 3 is 2.78 bits per heavy atom. The van der Waals surface area contributed by atoms with E-state index in [4.69, 9.17) is 9.47 Å². The molecule has 0 unspecified atom stereocenters. The maximum absolute atomic E-state index is 12.7. The second kappa shape index (κ2) is 6.78. The van der Waals surface area contributed by atoms with Crippen LogP contribution >= 0.6 is 0 Å². The summed E-state index contributed by atoms with van der Waals surface area (Å²) in [5, 5.41) is 6.77. The molecule has 1 aliphatic rings. The number of carbonyl (C=O) groups is 1. The summed E-state index contributed by atoms with van der Waals surface area (Å²) in [6.45, 7) is 0.262. The number of nitrogens with zero attached hydrogens (tertiary/aromatic N) is 1. The lowest BCUT2D eigenvalue weighted by atomic mass is 10.2. The number of hydrazone groups is 1. The quantitative estimate of drug-likeness (QED) is 0.655. The van der Waals surface area contributed by atoms with Gasteiger partial charge >= 0.3 is 0 Å². The van der Waals surface area contributed by atoms with Gasteiger partial charge in [-0.3, -0.25) is 4.79 Å². The van der Waals surface area contributed by atoms with Crippen molar-refractivity contribution in [3.63, 3.8) is 0 Å². The van der Waals surface area contributed by atoms with Gasteiger partial charge in [-0.25, -0.2) is 9.82 Å². The van der Waals surface area contributed by atoms with Gasteiger partial charge in [0.05, 0.1) is 12.8 Å². The molecule has 0 fully saturated rings. The van der Waals surface area contributed by atoms with Crippen LogP contribution in [0.1, 0.15) is 5.56 Å². The molecule has 0 radical (unpaired) electrons. The number of carbonyl (C=O) groups excluding carboxylic acids is 1. The van der Waals surface area contributed by atoms with Gasteiger partial charge in [-0.1, -0.05) is 12.1 Å². The molecule has 0 aliphatic carbocycles. The summed E-state index contributed by atoms with van der Waals surface area (Å²) in [6, 6.07) is 11.1. The summed E-state index contributed by atoms with van der Waals surface area (Å²) in [7, 11) is 0. The number of hydrogen-bond donors (Lipinski definition) is 2. The fraction of sp³-hybridized carbons (Fsp3) is 0.125. The molecule has 1 heterocycles. The molecule has 7 heteroatoms. The van der Waals surface area contributed by atoms with Gasteiger partial charge in [-0.15, -0.1) is 0 Å². The Labute approximate surface area is 131 Å². The SMILES string of the molecule is O=C(CNc1ccc2c(c1)OCO2)N/N=C\c1ccc(F)cc1. The first-order valence-electron chi connectivity index (χ1n) is 6.92. The predicted octanol–water partition coefficient (Wildman–Crippen LogP) is 2.12. The third-order valence-electron chi connectivity index (χ3n) is 3.10. The molecule has 2 N–H and O–H groups in total. The highest BCUT2D eigenvalue weighted by molar-refractivity contribution is 5.84. The highest BCUT2D eigenvalue weighted by Gasteiger charge is 2.13. The Bertz CT molecular complexity index is 732. The summed E-state index contributed by atoms with van der Waals surface area (Å²) in [5.41, 5.74) is 3.82. The molecule has 6 nitrogen and oxygen atoms in total. The molecular formula is C16H14FN3O3. The number of halogens is 1. The van der Waals surface area contributed by atoms with Gasteiger partial charge in [-0.05, 0) is 29.8 Å². The van der Waals surface area contributed by atoms with Gasteiger partial charge in [0.25, 0.3) is 5.91 Å². The normalized spacial score (nSPS) is 12.4. The van der Waals surface area contributed by atoms with Crippen LogP contribution in [-0.2, 0) is 4.79 Å². The predicted molar refractivity (Wildman–Crippen MR) is 83.2 cm³/mol. The molecule has 3 rings (SSSR count). The number of hydrogen-bond acceptors (Lipinski definition) is 5. The largest absolute Gasteiger partial charge is 0.454 e. The van der Waals surface area contributed by atoms with Crippen molar-refractivity contribution in [2.75, 3.05) is 18.7 Å². The van der Waals surface area contributed by atoms with Crippen molar-refractivity contribution >= 4 is 17.8 Å². The fourth-order valence-corrected chi connectivity index (χ4v) is 1.96. The van der Waals surface area contributed by atoms with Gasteiger partial charge in [0, 0.05) is 11.8 Å². The Kier molecular flexibility index (Phi) is 4.37. The van der Waals surface area contributed by atoms with E-state index in [2.05, 4.69) is 15.8 Å². The topological polar surface area (TPSA) is 72.0 Å². The summed E-state index contributed by atoms with van der Waals surface area (Å²) in [6.07, 6.45) is 1.44. The Hall–Kier alpha value is -3.09. The van der Waals surface area contributed by atoms with Crippen LogP contribution in [-0.4, -0.2) is 25.5 Å². The second-order valence-electron chi connectivity index (χ2n) is 4.77. The van der Waals surface area contributed by atoms with E-state index >= 15 is 0 Å². The van der Waals surface area contributed by atoms with E-state index in [0.29, 0.717) is 17.1 Å². The van der Waals surface area contributed by atoms with Crippen LogP contribution in [0.3, 0.4) is 0 Å². The lowest BCUT2D eigenvalue weighted by Crippen LogP contribution is -2.25. The van der Waals surface area contributed by atoms with Crippen molar-refractivity contribution in [1.29, 1.82) is 0 Å². The number of ether oxygens (including phenoxy) is 2. The lowest BCUT2D eigenvalue weighted by Gasteiger charge is -2.06. The monoisotopic (exact) mass is 315 g/mol. The molecule has 0 aromatic heterocycles. The smallest absolute Gasteiger partial charge is 0.259 e. The van der Waals surface area contributed by atoms with Gasteiger partial charge in [0.1, 0.15) is 5.82 Å². The Morgan fingerprint density at radius 2 is 1.96 bits per heavy atom. The third-order valence-corrected chi connectivity index (χ3v) is 3.10. The van der Waals surface area contributed by atoms with Crippen LogP contribution in [0.2, 0.25) is 0 Å². The molecule has 0 spiro atoms. The maximum Gasteiger partial charge on any atom is 0.259 e. The van der Waals surface area contributed by atoms with Crippen LogP contribution in [0, 0.1) is 5.82 Å². The molecule has 0 saturated heterocycles.